The summed E-state index contributed by atoms with van der Waals surface area (Å²) in [5.74, 6) is -5.57. The topological polar surface area (TPSA) is 115 Å². The van der Waals surface area contributed by atoms with Gasteiger partial charge in [-0.3, -0.25) is 48.4 Å². The predicted molar refractivity (Wildman–Crippen MR) is 257 cm³/mol. The molecule has 70 heavy (non-hydrogen) atoms. The molecule has 3 fully saturated rings. The number of likely N-dealkylation sites (tertiary alicyclic amines) is 3. The van der Waals surface area contributed by atoms with Crippen LogP contribution in [0.25, 0.3) is 0 Å². The van der Waals surface area contributed by atoms with Crippen molar-refractivity contribution in [2.75, 3.05) is 39.3 Å². The van der Waals surface area contributed by atoms with E-state index < -0.39 is 35.5 Å². The van der Waals surface area contributed by atoms with Gasteiger partial charge < -0.3 is 0 Å². The molecule has 0 spiro atoms. The third-order valence-electron chi connectivity index (χ3n) is 18.5. The first-order chi connectivity index (χ1) is 34.3. The summed E-state index contributed by atoms with van der Waals surface area (Å²) in [6.45, 7) is 1.01. The van der Waals surface area contributed by atoms with Crippen LogP contribution in [-0.4, -0.2) is 94.3 Å². The van der Waals surface area contributed by atoms with E-state index in [9.17, 15) is 28.8 Å². The second-order valence-corrected chi connectivity index (χ2v) is 21.1. The Balaban J connectivity index is 0.732. The lowest BCUT2D eigenvalue weighted by molar-refractivity contribution is -0.141. The van der Waals surface area contributed by atoms with E-state index in [0.29, 0.717) is 0 Å². The summed E-state index contributed by atoms with van der Waals surface area (Å²) in [5, 5.41) is 0. The second kappa shape index (κ2) is 14.6. The lowest BCUT2D eigenvalue weighted by atomic mass is 9.55. The van der Waals surface area contributed by atoms with Crippen LogP contribution >= 0.6 is 0 Å². The Morgan fingerprint density at radius 3 is 0.543 bits per heavy atom. The average Bonchev–Trinajstić information content (AvgIpc) is 3.93. The van der Waals surface area contributed by atoms with Gasteiger partial charge in [0, 0.05) is 74.8 Å². The van der Waals surface area contributed by atoms with E-state index >= 15 is 0 Å². The Morgan fingerprint density at radius 2 is 0.400 bits per heavy atom. The van der Waals surface area contributed by atoms with Crippen LogP contribution in [0.5, 0.6) is 0 Å². The number of benzene rings is 6. The van der Waals surface area contributed by atoms with E-state index in [2.05, 4.69) is 72.8 Å². The van der Waals surface area contributed by atoms with Crippen LogP contribution in [-0.2, 0) is 28.8 Å². The first-order valence-electron chi connectivity index (χ1n) is 25.1. The average molecular weight is 921 g/mol. The van der Waals surface area contributed by atoms with E-state index in [-0.39, 0.29) is 110 Å². The predicted octanol–water partition coefficient (Wildman–Crippen LogP) is 6.97. The number of imide groups is 3. The minimum atomic E-state index is -0.519. The maximum Gasteiger partial charge on any atom is 0.234 e. The maximum atomic E-state index is 14.8. The molecular formula is C60H48N4O6. The normalized spacial score (nSPS) is 30.6. The van der Waals surface area contributed by atoms with Gasteiger partial charge in [-0.1, -0.05) is 146 Å². The fourth-order valence-corrected chi connectivity index (χ4v) is 15.9. The largest absolute Gasteiger partial charge is 0.298 e. The van der Waals surface area contributed by atoms with Crippen molar-refractivity contribution in [3.63, 3.8) is 0 Å². The molecule has 9 aliphatic carbocycles. The number of rotatable bonds is 9. The minimum absolute atomic E-state index is 0.0978. The molecule has 6 aromatic rings. The highest BCUT2D eigenvalue weighted by Crippen LogP contribution is 2.64. The third kappa shape index (κ3) is 5.11. The Hall–Kier alpha value is -7.30. The van der Waals surface area contributed by atoms with E-state index in [0.717, 1.165) is 66.8 Å². The van der Waals surface area contributed by atoms with Crippen molar-refractivity contribution in [3.05, 3.63) is 212 Å². The number of hydrogen-bond donors (Lipinski definition) is 0. The number of carbonyl (C=O) groups excluding carboxylic acids is 6. The van der Waals surface area contributed by atoms with Gasteiger partial charge in [0.25, 0.3) is 0 Å². The lowest BCUT2D eigenvalue weighted by Gasteiger charge is -2.45. The molecule has 10 heteroatoms. The molecule has 6 amide bonds. The molecule has 10 nitrogen and oxygen atoms in total. The zero-order valence-corrected chi connectivity index (χ0v) is 38.3. The van der Waals surface area contributed by atoms with Crippen molar-refractivity contribution in [3.8, 4) is 0 Å². The molecule has 0 unspecified atom stereocenters. The minimum Gasteiger partial charge on any atom is -0.298 e. The van der Waals surface area contributed by atoms with Gasteiger partial charge in [-0.05, 0) is 66.8 Å². The van der Waals surface area contributed by atoms with Crippen LogP contribution in [0.4, 0.5) is 0 Å². The van der Waals surface area contributed by atoms with Gasteiger partial charge in [-0.2, -0.15) is 0 Å². The zero-order chi connectivity index (χ0) is 46.8. The number of amides is 6. The monoisotopic (exact) mass is 920 g/mol. The highest BCUT2D eigenvalue weighted by Gasteiger charge is 2.64. The lowest BCUT2D eigenvalue weighted by Crippen LogP contribution is -2.46. The first-order valence-corrected chi connectivity index (χ1v) is 25.1. The summed E-state index contributed by atoms with van der Waals surface area (Å²) >= 11 is 0. The highest BCUT2D eigenvalue weighted by atomic mass is 16.2. The molecule has 3 aliphatic heterocycles. The molecule has 6 aromatic carbocycles. The quantitative estimate of drug-likeness (QED) is 0.144. The fraction of sp³-hybridized carbons (Fsp3) is 0.300. The third-order valence-corrected chi connectivity index (χ3v) is 18.5. The van der Waals surface area contributed by atoms with E-state index in [1.54, 1.807) is 0 Å². The Labute approximate surface area is 404 Å². The standard InChI is InChI=1S/C60H48N4O6/c65-55-49-43-31-13-1-2-14-32(31)44(34-16-4-3-15-33(34)43)50(49)56(66)62(55)28-25-61(26-29-63-57(67)51-45-35-17-5-6-18-36(35)46(52(51)58(63)68)38-20-8-7-19-37(38)45)27-30-64-59(69)53-47-39-21-9-10-22-40(39)48(54(53)60(64)70)42-24-12-11-23-41(42)47/h1-24,43-54H,25-30H2/t43?,44?,45?,46?,47?,48?,49-,50+,51-,52+,53-,54+. The van der Waals surface area contributed by atoms with Crippen LogP contribution in [0.3, 0.4) is 0 Å². The van der Waals surface area contributed by atoms with Gasteiger partial charge in [0.05, 0.1) is 35.5 Å². The first kappa shape index (κ1) is 40.6. The Morgan fingerprint density at radius 1 is 0.257 bits per heavy atom. The molecule has 6 atom stereocenters. The second-order valence-electron chi connectivity index (χ2n) is 21.1. The number of carbonyl (C=O) groups is 6. The van der Waals surface area contributed by atoms with E-state index in [4.69, 9.17) is 0 Å². The maximum absolute atomic E-state index is 14.8. The van der Waals surface area contributed by atoms with Crippen LogP contribution < -0.4 is 0 Å². The van der Waals surface area contributed by atoms with Crippen molar-refractivity contribution in [2.24, 2.45) is 35.5 Å². The summed E-state index contributed by atoms with van der Waals surface area (Å²) in [6, 6.07) is 49.3. The summed E-state index contributed by atoms with van der Waals surface area (Å²) in [7, 11) is 0. The van der Waals surface area contributed by atoms with Crippen LogP contribution in [0.15, 0.2) is 146 Å². The SMILES string of the molecule is O=C1[C@@H]2C3c4ccccc4C(c4ccccc43)[C@@H]2C(=O)N1CCN(CCN1C(=O)[C@@H]2C3c4ccccc4C(c4ccccc43)[C@@H]2C1=O)CCN1C(=O)[C@@H]2C3c4ccccc4C(c4ccccc43)[C@@H]2C1=O. The Bertz CT molecular complexity index is 2670. The summed E-state index contributed by atoms with van der Waals surface area (Å²) in [4.78, 5) is 95.0. The van der Waals surface area contributed by atoms with Gasteiger partial charge in [-0.15, -0.1) is 0 Å². The molecule has 3 heterocycles. The molecular weight excluding hydrogens is 873 g/mol. The molecule has 12 aliphatic rings. The van der Waals surface area contributed by atoms with Gasteiger partial charge in [-0.25, -0.2) is 0 Å². The molecule has 0 saturated carbocycles. The number of hydrogen-bond acceptors (Lipinski definition) is 7. The van der Waals surface area contributed by atoms with E-state index in [1.165, 1.54) is 14.7 Å². The van der Waals surface area contributed by atoms with Crippen LogP contribution in [0.1, 0.15) is 102 Å². The molecule has 0 radical (unpaired) electrons. The van der Waals surface area contributed by atoms with Gasteiger partial charge in [0.15, 0.2) is 0 Å². The van der Waals surface area contributed by atoms with Crippen molar-refractivity contribution in [2.45, 2.75) is 35.5 Å². The van der Waals surface area contributed by atoms with Crippen molar-refractivity contribution < 1.29 is 28.8 Å². The van der Waals surface area contributed by atoms with Crippen molar-refractivity contribution in [1.82, 2.24) is 19.6 Å². The van der Waals surface area contributed by atoms with Gasteiger partial charge >= 0.3 is 0 Å². The van der Waals surface area contributed by atoms with Gasteiger partial charge in [0.1, 0.15) is 0 Å². The van der Waals surface area contributed by atoms with Gasteiger partial charge in [0.2, 0.25) is 35.4 Å². The molecule has 0 aromatic heterocycles. The summed E-state index contributed by atoms with van der Waals surface area (Å²) in [6.07, 6.45) is 0. The summed E-state index contributed by atoms with van der Waals surface area (Å²) in [5.41, 5.74) is 13.3. The molecule has 0 N–H and O–H groups in total. The highest BCUT2D eigenvalue weighted by molar-refractivity contribution is 6.09. The molecule has 344 valence electrons. The van der Waals surface area contributed by atoms with Crippen LogP contribution in [0.2, 0.25) is 0 Å². The molecule has 18 rings (SSSR count). The molecule has 6 bridgehead atoms. The van der Waals surface area contributed by atoms with Crippen LogP contribution in [0, 0.1) is 35.5 Å². The van der Waals surface area contributed by atoms with E-state index in [1.807, 2.05) is 77.7 Å². The zero-order valence-electron chi connectivity index (χ0n) is 38.3. The Kier molecular flexibility index (Phi) is 8.47. The smallest absolute Gasteiger partial charge is 0.234 e. The number of nitrogens with zero attached hydrogens (tertiary/aromatic N) is 4. The summed E-state index contributed by atoms with van der Waals surface area (Å²) < 4.78 is 0. The fourth-order valence-electron chi connectivity index (χ4n) is 15.9. The van der Waals surface area contributed by atoms with Crippen molar-refractivity contribution >= 4 is 35.4 Å². The molecule has 3 saturated heterocycles. The van der Waals surface area contributed by atoms with Crippen molar-refractivity contribution in [1.29, 1.82) is 0 Å².